The van der Waals surface area contributed by atoms with E-state index in [0.29, 0.717) is 35.5 Å². The van der Waals surface area contributed by atoms with Crippen molar-refractivity contribution < 1.29 is 43.5 Å². The van der Waals surface area contributed by atoms with Crippen molar-refractivity contribution in [3.05, 3.63) is 34.9 Å². The lowest BCUT2D eigenvalue weighted by Crippen LogP contribution is -2.57. The summed E-state index contributed by atoms with van der Waals surface area (Å²) < 4.78 is 22.4. The van der Waals surface area contributed by atoms with Crippen LogP contribution in [0.1, 0.15) is 34.7 Å². The minimum Gasteiger partial charge on any atom is -0.493 e. The van der Waals surface area contributed by atoms with Crippen molar-refractivity contribution in [2.24, 2.45) is 0 Å². The Morgan fingerprint density at radius 3 is 2.75 bits per heavy atom. The van der Waals surface area contributed by atoms with Gasteiger partial charge in [-0.15, -0.1) is 0 Å². The number of carbonyl (C=O) groups excluding carboxylic acids is 3. The molecule has 4 rings (SSSR count). The number of fused-ring (bicyclic) bond motifs is 3. The number of carbonyl (C=O) groups is 3. The fourth-order valence-electron chi connectivity index (χ4n) is 5.16. The topological polar surface area (TPSA) is 144 Å². The molecule has 2 amide bonds. The molecule has 0 bridgehead atoms. The molecule has 0 saturated carbocycles. The molecule has 1 fully saturated rings. The van der Waals surface area contributed by atoms with Gasteiger partial charge in [0, 0.05) is 43.5 Å². The second-order valence-electron chi connectivity index (χ2n) is 9.02. The number of methoxy groups -OCH3 is 2. The highest BCUT2D eigenvalue weighted by molar-refractivity contribution is 5.96. The number of nitrogens with one attached hydrogen (secondary N) is 1. The first-order valence-corrected chi connectivity index (χ1v) is 12.0. The molecule has 0 unspecified atom stereocenters. The number of aldehydes is 1. The normalized spacial score (nSPS) is 26.3. The van der Waals surface area contributed by atoms with Gasteiger partial charge in [-0.25, -0.2) is 0 Å². The van der Waals surface area contributed by atoms with E-state index in [9.17, 15) is 24.6 Å². The van der Waals surface area contributed by atoms with Crippen molar-refractivity contribution in [2.75, 3.05) is 47.1 Å². The van der Waals surface area contributed by atoms with Gasteiger partial charge in [-0.3, -0.25) is 14.4 Å². The van der Waals surface area contributed by atoms with Crippen molar-refractivity contribution in [2.45, 2.75) is 43.1 Å². The maximum atomic E-state index is 13.3. The summed E-state index contributed by atoms with van der Waals surface area (Å²) in [5.41, 5.74) is 1.12. The van der Waals surface area contributed by atoms with E-state index in [1.54, 1.807) is 12.1 Å². The second-order valence-corrected chi connectivity index (χ2v) is 9.02. The minimum atomic E-state index is -1.21. The number of hydrogen-bond acceptors (Lipinski definition) is 9. The SMILES string of the molecule is COCC(=O)N(C[C@H]1CCCO1)[C@@H]1C=C(C(=O)NCCO)[C@@H]2c3cc(C=O)cc(OC)c3O[C@@H]2[C@H]1O. The predicted octanol–water partition coefficient (Wildman–Crippen LogP) is -0.216. The fourth-order valence-corrected chi connectivity index (χ4v) is 5.16. The summed E-state index contributed by atoms with van der Waals surface area (Å²) in [6.45, 7) is 0.370. The van der Waals surface area contributed by atoms with Gasteiger partial charge in [0.1, 0.15) is 25.1 Å². The van der Waals surface area contributed by atoms with Crippen LogP contribution in [0.25, 0.3) is 0 Å². The first kappa shape index (κ1) is 26.1. The van der Waals surface area contributed by atoms with Gasteiger partial charge in [-0.2, -0.15) is 0 Å². The standard InChI is InChI=1S/C25H32N2O9/c1-33-13-20(30)27(11-15-4-3-7-35-15)18-10-17(25(32)26-5-6-28)21-16-8-14(12-29)9-19(34-2)23(16)36-24(21)22(18)31/h8-10,12,15,18,21-22,24,28,31H,3-7,11,13H2,1-2H3,(H,26,32)/t15-,18-,21+,22+,24+/m1/s1. The average molecular weight is 505 g/mol. The average Bonchev–Trinajstić information content (AvgIpc) is 3.54. The summed E-state index contributed by atoms with van der Waals surface area (Å²) in [5.74, 6) is -0.930. The van der Waals surface area contributed by atoms with E-state index in [2.05, 4.69) is 5.32 Å². The van der Waals surface area contributed by atoms with Crippen molar-refractivity contribution >= 4 is 18.1 Å². The van der Waals surface area contributed by atoms with Crippen LogP contribution < -0.4 is 14.8 Å². The van der Waals surface area contributed by atoms with Gasteiger partial charge in [-0.05, 0) is 31.1 Å². The summed E-state index contributed by atoms with van der Waals surface area (Å²) in [6, 6.07) is 2.23. The van der Waals surface area contributed by atoms with Crippen LogP contribution in [0.5, 0.6) is 11.5 Å². The molecule has 196 valence electrons. The van der Waals surface area contributed by atoms with Gasteiger partial charge in [0.2, 0.25) is 11.8 Å². The summed E-state index contributed by atoms with van der Waals surface area (Å²) >= 11 is 0. The van der Waals surface area contributed by atoms with E-state index >= 15 is 0 Å². The van der Waals surface area contributed by atoms with Crippen LogP contribution in [0.2, 0.25) is 0 Å². The highest BCUT2D eigenvalue weighted by atomic mass is 16.5. The largest absolute Gasteiger partial charge is 0.493 e. The summed E-state index contributed by atoms with van der Waals surface area (Å²) in [5, 5.41) is 23.4. The Morgan fingerprint density at radius 1 is 1.31 bits per heavy atom. The molecular formula is C25H32N2O9. The van der Waals surface area contributed by atoms with Gasteiger partial charge in [0.05, 0.1) is 31.8 Å². The van der Waals surface area contributed by atoms with Gasteiger partial charge >= 0.3 is 0 Å². The van der Waals surface area contributed by atoms with Crippen molar-refractivity contribution in [1.29, 1.82) is 0 Å². The van der Waals surface area contributed by atoms with Crippen LogP contribution in [-0.4, -0.2) is 105 Å². The van der Waals surface area contributed by atoms with Gasteiger partial charge < -0.3 is 39.4 Å². The van der Waals surface area contributed by atoms with Gasteiger partial charge in [0.15, 0.2) is 11.5 Å². The fraction of sp³-hybridized carbons (Fsp3) is 0.560. The molecular weight excluding hydrogens is 472 g/mol. The molecule has 0 spiro atoms. The number of ether oxygens (including phenoxy) is 4. The second kappa shape index (κ2) is 11.4. The van der Waals surface area contributed by atoms with E-state index in [1.165, 1.54) is 25.2 Å². The Hall–Kier alpha value is -2.99. The summed E-state index contributed by atoms with van der Waals surface area (Å²) in [6.07, 6.45) is 1.54. The third-order valence-corrected chi connectivity index (χ3v) is 6.78. The van der Waals surface area contributed by atoms with Crippen LogP contribution in [0.4, 0.5) is 0 Å². The molecule has 3 aliphatic rings. The van der Waals surface area contributed by atoms with E-state index < -0.39 is 30.1 Å². The molecule has 1 saturated heterocycles. The van der Waals surface area contributed by atoms with Gasteiger partial charge in [-0.1, -0.05) is 0 Å². The van der Waals surface area contributed by atoms with Crippen LogP contribution in [0.3, 0.4) is 0 Å². The number of benzene rings is 1. The Kier molecular flexibility index (Phi) is 8.24. The molecule has 11 heteroatoms. The molecule has 2 aliphatic heterocycles. The lowest BCUT2D eigenvalue weighted by molar-refractivity contribution is -0.143. The van der Waals surface area contributed by atoms with E-state index in [-0.39, 0.29) is 43.9 Å². The molecule has 0 radical (unpaired) electrons. The van der Waals surface area contributed by atoms with Crippen molar-refractivity contribution in [1.82, 2.24) is 10.2 Å². The molecule has 2 heterocycles. The van der Waals surface area contributed by atoms with E-state index in [0.717, 1.165) is 12.8 Å². The minimum absolute atomic E-state index is 0.0222. The van der Waals surface area contributed by atoms with Crippen LogP contribution in [0.15, 0.2) is 23.8 Å². The first-order valence-electron chi connectivity index (χ1n) is 12.0. The van der Waals surface area contributed by atoms with E-state index in [4.69, 9.17) is 18.9 Å². The first-order chi connectivity index (χ1) is 17.4. The molecule has 1 aromatic rings. The van der Waals surface area contributed by atoms with Crippen LogP contribution >= 0.6 is 0 Å². The quantitative estimate of drug-likeness (QED) is 0.369. The summed E-state index contributed by atoms with van der Waals surface area (Å²) in [4.78, 5) is 39.4. The maximum Gasteiger partial charge on any atom is 0.249 e. The molecule has 1 aliphatic carbocycles. The van der Waals surface area contributed by atoms with Crippen molar-refractivity contribution in [3.8, 4) is 11.5 Å². The lowest BCUT2D eigenvalue weighted by atomic mass is 9.77. The number of aliphatic hydroxyl groups is 2. The molecule has 0 aromatic heterocycles. The number of rotatable bonds is 10. The maximum absolute atomic E-state index is 13.3. The zero-order chi connectivity index (χ0) is 25.8. The Morgan fingerprint density at radius 2 is 2.11 bits per heavy atom. The summed E-state index contributed by atoms with van der Waals surface area (Å²) in [7, 11) is 2.85. The third kappa shape index (κ3) is 4.96. The highest BCUT2D eigenvalue weighted by Crippen LogP contribution is 2.51. The van der Waals surface area contributed by atoms with Gasteiger partial charge in [0.25, 0.3) is 0 Å². The Balaban J connectivity index is 1.78. The Labute approximate surface area is 208 Å². The molecule has 5 atom stereocenters. The molecule has 3 N–H and O–H groups in total. The van der Waals surface area contributed by atoms with Crippen molar-refractivity contribution in [3.63, 3.8) is 0 Å². The Bertz CT molecular complexity index is 1020. The molecule has 36 heavy (non-hydrogen) atoms. The van der Waals surface area contributed by atoms with Crippen LogP contribution in [-0.2, 0) is 19.1 Å². The highest BCUT2D eigenvalue weighted by Gasteiger charge is 2.51. The zero-order valence-corrected chi connectivity index (χ0v) is 20.3. The number of aliphatic hydroxyl groups excluding tert-OH is 2. The lowest BCUT2D eigenvalue weighted by Gasteiger charge is -2.41. The smallest absolute Gasteiger partial charge is 0.249 e. The van der Waals surface area contributed by atoms with E-state index in [1.807, 2.05) is 0 Å². The van der Waals surface area contributed by atoms with Crippen LogP contribution in [0, 0.1) is 0 Å². The number of amides is 2. The molecule has 1 aromatic carbocycles. The third-order valence-electron chi connectivity index (χ3n) is 6.78. The number of hydrogen-bond donors (Lipinski definition) is 3. The predicted molar refractivity (Wildman–Crippen MR) is 126 cm³/mol. The monoisotopic (exact) mass is 504 g/mol. The number of nitrogens with zero attached hydrogens (tertiary/aromatic N) is 1. The zero-order valence-electron chi connectivity index (χ0n) is 20.3. The molecule has 11 nitrogen and oxygen atoms in total.